The molecule has 0 amide bonds. The van der Waals surface area contributed by atoms with Crippen molar-refractivity contribution < 1.29 is 8.42 Å². The molecule has 5 heteroatoms. The molecule has 0 spiro atoms. The molecular weight excluding hydrogens is 236 g/mol. The van der Waals surface area contributed by atoms with E-state index in [1.807, 2.05) is 13.0 Å². The smallest absolute Gasteiger partial charge is 0.243 e. The Bertz CT molecular complexity index is 532. The standard InChI is InChI=1S/C12H16N2O2S/c1-10-6-8-14(9-7-10)17(15,16)12-4-2-11(13)3-5-12/h2-6H,7-9,13H2,1H3. The van der Waals surface area contributed by atoms with Crippen molar-refractivity contribution in [1.82, 2.24) is 4.31 Å². The van der Waals surface area contributed by atoms with Crippen LogP contribution in [0.4, 0.5) is 5.69 Å². The summed E-state index contributed by atoms with van der Waals surface area (Å²) in [6, 6.07) is 6.32. The van der Waals surface area contributed by atoms with Crippen molar-refractivity contribution in [2.24, 2.45) is 0 Å². The first-order chi connectivity index (χ1) is 8.00. The molecular formula is C12H16N2O2S. The zero-order valence-electron chi connectivity index (χ0n) is 9.76. The van der Waals surface area contributed by atoms with Gasteiger partial charge in [-0.2, -0.15) is 4.31 Å². The Morgan fingerprint density at radius 1 is 1.24 bits per heavy atom. The van der Waals surface area contributed by atoms with Crippen LogP contribution < -0.4 is 5.73 Å². The summed E-state index contributed by atoms with van der Waals surface area (Å²) in [4.78, 5) is 0.305. The maximum Gasteiger partial charge on any atom is 0.243 e. The lowest BCUT2D eigenvalue weighted by Gasteiger charge is -2.24. The van der Waals surface area contributed by atoms with Gasteiger partial charge in [0.05, 0.1) is 4.90 Å². The average molecular weight is 252 g/mol. The summed E-state index contributed by atoms with van der Waals surface area (Å²) >= 11 is 0. The predicted molar refractivity (Wildman–Crippen MR) is 68.0 cm³/mol. The van der Waals surface area contributed by atoms with Crippen LogP contribution in [0.15, 0.2) is 40.8 Å². The number of hydrogen-bond donors (Lipinski definition) is 1. The Morgan fingerprint density at radius 3 is 2.41 bits per heavy atom. The average Bonchev–Trinajstić information content (AvgIpc) is 2.30. The lowest BCUT2D eigenvalue weighted by atomic mass is 10.1. The Balaban J connectivity index is 2.28. The maximum absolute atomic E-state index is 12.3. The fourth-order valence-electron chi connectivity index (χ4n) is 1.76. The summed E-state index contributed by atoms with van der Waals surface area (Å²) in [6.07, 6.45) is 2.76. The van der Waals surface area contributed by atoms with Crippen molar-refractivity contribution in [2.75, 3.05) is 18.8 Å². The van der Waals surface area contributed by atoms with Gasteiger partial charge in [0.25, 0.3) is 0 Å². The van der Waals surface area contributed by atoms with Crippen LogP contribution in [-0.4, -0.2) is 25.8 Å². The zero-order valence-corrected chi connectivity index (χ0v) is 10.6. The second-order valence-corrected chi connectivity index (χ2v) is 6.17. The molecule has 1 aliphatic heterocycles. The summed E-state index contributed by atoms with van der Waals surface area (Å²) in [5.41, 5.74) is 7.36. The normalized spacial score (nSPS) is 17.8. The summed E-state index contributed by atoms with van der Waals surface area (Å²) < 4.78 is 26.0. The fourth-order valence-corrected chi connectivity index (χ4v) is 3.14. The van der Waals surface area contributed by atoms with E-state index in [0.29, 0.717) is 23.7 Å². The van der Waals surface area contributed by atoms with Crippen molar-refractivity contribution in [3.8, 4) is 0 Å². The molecule has 1 heterocycles. The van der Waals surface area contributed by atoms with Crippen molar-refractivity contribution in [3.05, 3.63) is 35.9 Å². The minimum absolute atomic E-state index is 0.305. The van der Waals surface area contributed by atoms with Crippen LogP contribution >= 0.6 is 0 Å². The molecule has 2 N–H and O–H groups in total. The van der Waals surface area contributed by atoms with Gasteiger partial charge in [0.15, 0.2) is 0 Å². The van der Waals surface area contributed by atoms with Gasteiger partial charge in [0.1, 0.15) is 0 Å². The highest BCUT2D eigenvalue weighted by Gasteiger charge is 2.24. The van der Waals surface area contributed by atoms with E-state index in [0.717, 1.165) is 6.42 Å². The third kappa shape index (κ3) is 2.50. The van der Waals surface area contributed by atoms with Crippen LogP contribution in [0, 0.1) is 0 Å². The second kappa shape index (κ2) is 4.50. The molecule has 1 aliphatic rings. The van der Waals surface area contributed by atoms with E-state index in [4.69, 9.17) is 5.73 Å². The van der Waals surface area contributed by atoms with Gasteiger partial charge in [0, 0.05) is 18.8 Å². The first kappa shape index (κ1) is 12.1. The van der Waals surface area contributed by atoms with Crippen LogP contribution in [0.25, 0.3) is 0 Å². The van der Waals surface area contributed by atoms with Gasteiger partial charge in [-0.15, -0.1) is 0 Å². The Morgan fingerprint density at radius 2 is 1.88 bits per heavy atom. The Hall–Kier alpha value is -1.33. The lowest BCUT2D eigenvalue weighted by molar-refractivity contribution is 0.431. The van der Waals surface area contributed by atoms with E-state index in [9.17, 15) is 8.42 Å². The van der Waals surface area contributed by atoms with Gasteiger partial charge in [-0.25, -0.2) is 8.42 Å². The Kier molecular flexibility index (Phi) is 3.22. The van der Waals surface area contributed by atoms with Crippen molar-refractivity contribution in [3.63, 3.8) is 0 Å². The fraction of sp³-hybridized carbons (Fsp3) is 0.333. The molecule has 4 nitrogen and oxygen atoms in total. The first-order valence-corrected chi connectivity index (χ1v) is 6.95. The molecule has 0 aromatic heterocycles. The minimum atomic E-state index is -3.37. The van der Waals surface area contributed by atoms with Crippen molar-refractivity contribution >= 4 is 15.7 Å². The van der Waals surface area contributed by atoms with Crippen LogP contribution in [0.2, 0.25) is 0 Å². The zero-order chi connectivity index (χ0) is 12.5. The summed E-state index contributed by atoms with van der Waals surface area (Å²) in [5.74, 6) is 0. The molecule has 1 aromatic carbocycles. The number of nitrogen functional groups attached to an aromatic ring is 1. The largest absolute Gasteiger partial charge is 0.399 e. The van der Waals surface area contributed by atoms with Gasteiger partial charge >= 0.3 is 0 Å². The van der Waals surface area contributed by atoms with Crippen molar-refractivity contribution in [1.29, 1.82) is 0 Å². The highest BCUT2D eigenvalue weighted by atomic mass is 32.2. The molecule has 0 bridgehead atoms. The highest BCUT2D eigenvalue weighted by molar-refractivity contribution is 7.89. The summed E-state index contributed by atoms with van der Waals surface area (Å²) in [7, 11) is -3.37. The van der Waals surface area contributed by atoms with E-state index < -0.39 is 10.0 Å². The van der Waals surface area contributed by atoms with Crippen molar-refractivity contribution in [2.45, 2.75) is 18.2 Å². The van der Waals surface area contributed by atoms with Gasteiger partial charge in [-0.3, -0.25) is 0 Å². The third-order valence-corrected chi connectivity index (χ3v) is 4.80. The van der Waals surface area contributed by atoms with E-state index in [2.05, 4.69) is 0 Å². The molecule has 0 aliphatic carbocycles. The highest BCUT2D eigenvalue weighted by Crippen LogP contribution is 2.20. The summed E-state index contributed by atoms with van der Waals surface area (Å²) in [6.45, 7) is 3.03. The minimum Gasteiger partial charge on any atom is -0.399 e. The molecule has 92 valence electrons. The monoisotopic (exact) mass is 252 g/mol. The van der Waals surface area contributed by atoms with E-state index in [-0.39, 0.29) is 0 Å². The van der Waals surface area contributed by atoms with Crippen LogP contribution in [0.3, 0.4) is 0 Å². The van der Waals surface area contributed by atoms with E-state index in [1.165, 1.54) is 9.88 Å². The van der Waals surface area contributed by atoms with Gasteiger partial charge in [-0.1, -0.05) is 11.6 Å². The van der Waals surface area contributed by atoms with Crippen LogP contribution in [0.5, 0.6) is 0 Å². The third-order valence-electron chi connectivity index (χ3n) is 2.92. The molecule has 0 fully saturated rings. The Labute approximate surface area is 102 Å². The molecule has 1 aromatic rings. The van der Waals surface area contributed by atoms with Crippen LogP contribution in [0.1, 0.15) is 13.3 Å². The molecule has 0 atom stereocenters. The van der Waals surface area contributed by atoms with Gasteiger partial charge < -0.3 is 5.73 Å². The predicted octanol–water partition coefficient (Wildman–Crippen LogP) is 1.61. The van der Waals surface area contributed by atoms with Crippen LogP contribution in [-0.2, 0) is 10.0 Å². The summed E-state index contributed by atoms with van der Waals surface area (Å²) in [5, 5.41) is 0. The number of anilines is 1. The number of nitrogens with two attached hydrogens (primary N) is 1. The number of sulfonamides is 1. The molecule has 17 heavy (non-hydrogen) atoms. The van der Waals surface area contributed by atoms with Gasteiger partial charge in [0.2, 0.25) is 10.0 Å². The SMILES string of the molecule is CC1=CCN(S(=O)(=O)c2ccc(N)cc2)CC1. The second-order valence-electron chi connectivity index (χ2n) is 4.23. The maximum atomic E-state index is 12.3. The topological polar surface area (TPSA) is 63.4 Å². The number of benzene rings is 1. The molecule has 0 unspecified atom stereocenters. The first-order valence-electron chi connectivity index (χ1n) is 5.51. The van der Waals surface area contributed by atoms with Gasteiger partial charge in [-0.05, 0) is 37.6 Å². The molecule has 0 saturated heterocycles. The molecule has 2 rings (SSSR count). The number of hydrogen-bond acceptors (Lipinski definition) is 3. The quantitative estimate of drug-likeness (QED) is 0.642. The van der Waals surface area contributed by atoms with E-state index in [1.54, 1.807) is 24.3 Å². The molecule has 0 radical (unpaired) electrons. The number of nitrogens with zero attached hydrogens (tertiary/aromatic N) is 1. The number of rotatable bonds is 2. The molecule has 0 saturated carbocycles. The van der Waals surface area contributed by atoms with E-state index >= 15 is 0 Å². The lowest BCUT2D eigenvalue weighted by Crippen LogP contribution is -2.34.